The molecule has 23 heavy (non-hydrogen) atoms. The maximum absolute atomic E-state index is 11.9. The van der Waals surface area contributed by atoms with Gasteiger partial charge in [0.05, 0.1) is 0 Å². The first kappa shape index (κ1) is 18.0. The molecule has 0 saturated carbocycles. The number of hydrogen-bond donors (Lipinski definition) is 2. The number of carbonyl (C=O) groups is 1. The molecule has 1 amide bonds. The molecule has 4 nitrogen and oxygen atoms in total. The van der Waals surface area contributed by atoms with Crippen LogP contribution in [-0.2, 0) is 4.79 Å². The summed E-state index contributed by atoms with van der Waals surface area (Å²) in [7, 11) is 0. The second-order valence-corrected chi connectivity index (χ2v) is 6.71. The number of anilines is 1. The molecule has 1 aliphatic rings. The van der Waals surface area contributed by atoms with Crippen LogP contribution in [0, 0.1) is 5.41 Å². The van der Waals surface area contributed by atoms with Crippen LogP contribution in [-0.4, -0.2) is 30.7 Å². The minimum Gasteiger partial charge on any atom is -0.396 e. The summed E-state index contributed by atoms with van der Waals surface area (Å²) < 4.78 is 0. The van der Waals surface area contributed by atoms with Crippen LogP contribution in [0.15, 0.2) is 24.3 Å². The van der Waals surface area contributed by atoms with E-state index in [0.29, 0.717) is 6.42 Å². The van der Waals surface area contributed by atoms with Gasteiger partial charge in [-0.2, -0.15) is 0 Å². The Morgan fingerprint density at radius 2 is 2.09 bits per heavy atom. The number of benzene rings is 1. The number of rotatable bonds is 8. The first-order valence-electron chi connectivity index (χ1n) is 8.80. The van der Waals surface area contributed by atoms with Crippen molar-refractivity contribution in [1.82, 2.24) is 5.32 Å². The molecule has 1 aliphatic heterocycles. The van der Waals surface area contributed by atoms with Crippen LogP contribution in [0.4, 0.5) is 5.69 Å². The fourth-order valence-corrected chi connectivity index (χ4v) is 3.15. The molecule has 2 N–H and O–H groups in total. The molecule has 1 aromatic carbocycles. The first-order valence-corrected chi connectivity index (χ1v) is 8.80. The molecule has 1 unspecified atom stereocenters. The Hall–Kier alpha value is -1.39. The van der Waals surface area contributed by atoms with Gasteiger partial charge < -0.3 is 15.3 Å². The van der Waals surface area contributed by atoms with E-state index in [-0.39, 0.29) is 24.0 Å². The molecule has 1 aromatic rings. The van der Waals surface area contributed by atoms with Crippen molar-refractivity contribution in [3.8, 4) is 0 Å². The Kier molecular flexibility index (Phi) is 6.19. The van der Waals surface area contributed by atoms with Crippen LogP contribution in [0.25, 0.3) is 0 Å². The van der Waals surface area contributed by atoms with Crippen molar-refractivity contribution in [3.05, 3.63) is 29.8 Å². The molecule has 128 valence electrons. The van der Waals surface area contributed by atoms with E-state index in [2.05, 4.69) is 38.2 Å². The molecule has 0 aromatic heterocycles. The van der Waals surface area contributed by atoms with Gasteiger partial charge in [0, 0.05) is 43.3 Å². The van der Waals surface area contributed by atoms with Crippen molar-refractivity contribution in [2.75, 3.05) is 24.6 Å². The summed E-state index contributed by atoms with van der Waals surface area (Å²) in [5.41, 5.74) is 2.14. The van der Waals surface area contributed by atoms with Gasteiger partial charge in [0.2, 0.25) is 5.91 Å². The van der Waals surface area contributed by atoms with Crippen LogP contribution in [0.2, 0.25) is 0 Å². The fraction of sp³-hybridized carbons (Fsp3) is 0.632. The highest BCUT2D eigenvalue weighted by Gasteiger charge is 2.26. The van der Waals surface area contributed by atoms with Gasteiger partial charge in [-0.05, 0) is 43.9 Å². The van der Waals surface area contributed by atoms with Gasteiger partial charge in [-0.3, -0.25) is 4.79 Å². The minimum absolute atomic E-state index is 0.0449. The van der Waals surface area contributed by atoms with Crippen LogP contribution in [0.5, 0.6) is 0 Å². The molecule has 1 saturated heterocycles. The van der Waals surface area contributed by atoms with Crippen molar-refractivity contribution in [3.63, 3.8) is 0 Å². The third-order valence-electron chi connectivity index (χ3n) is 5.37. The third kappa shape index (κ3) is 4.12. The summed E-state index contributed by atoms with van der Waals surface area (Å²) >= 11 is 0. The Morgan fingerprint density at radius 1 is 1.35 bits per heavy atom. The normalized spacial score (nSPS) is 16.9. The molecule has 1 fully saturated rings. The van der Waals surface area contributed by atoms with E-state index < -0.39 is 0 Å². The van der Waals surface area contributed by atoms with Crippen LogP contribution in [0.3, 0.4) is 0 Å². The zero-order valence-electron chi connectivity index (χ0n) is 14.6. The Bertz CT molecular complexity index is 518. The summed E-state index contributed by atoms with van der Waals surface area (Å²) in [5.74, 6) is 0.221. The van der Waals surface area contributed by atoms with E-state index in [1.54, 1.807) is 0 Å². The molecule has 0 bridgehead atoms. The van der Waals surface area contributed by atoms with Gasteiger partial charge in [-0.15, -0.1) is 0 Å². The third-order valence-corrected chi connectivity index (χ3v) is 5.37. The lowest BCUT2D eigenvalue weighted by molar-refractivity contribution is -0.117. The average Bonchev–Trinajstić information content (AvgIpc) is 3.02. The highest BCUT2D eigenvalue weighted by Crippen LogP contribution is 2.27. The SMILES string of the molecule is CCC(CC)(CO)CNC(C)c1cccc(N2CCCC2=O)c1. The molecular weight excluding hydrogens is 288 g/mol. The molecule has 4 heteroatoms. The fourth-order valence-electron chi connectivity index (χ4n) is 3.15. The molecule has 2 rings (SSSR count). The van der Waals surface area contributed by atoms with Crippen molar-refractivity contribution in [2.45, 2.75) is 52.5 Å². The van der Waals surface area contributed by atoms with Gasteiger partial charge in [-0.25, -0.2) is 0 Å². The Morgan fingerprint density at radius 3 is 2.65 bits per heavy atom. The maximum atomic E-state index is 11.9. The quantitative estimate of drug-likeness (QED) is 0.773. The summed E-state index contributed by atoms with van der Waals surface area (Å²) in [6.07, 6.45) is 3.52. The largest absolute Gasteiger partial charge is 0.396 e. The average molecular weight is 318 g/mol. The second-order valence-electron chi connectivity index (χ2n) is 6.71. The van der Waals surface area contributed by atoms with E-state index >= 15 is 0 Å². The Labute approximate surface area is 139 Å². The van der Waals surface area contributed by atoms with Crippen molar-refractivity contribution in [1.29, 1.82) is 0 Å². The lowest BCUT2D eigenvalue weighted by Crippen LogP contribution is -2.37. The maximum Gasteiger partial charge on any atom is 0.227 e. The molecule has 1 atom stereocenters. The monoisotopic (exact) mass is 318 g/mol. The zero-order chi connectivity index (χ0) is 16.9. The topological polar surface area (TPSA) is 52.6 Å². The van der Waals surface area contributed by atoms with Gasteiger partial charge >= 0.3 is 0 Å². The van der Waals surface area contributed by atoms with Crippen molar-refractivity contribution < 1.29 is 9.90 Å². The number of nitrogens with one attached hydrogen (secondary N) is 1. The first-order chi connectivity index (χ1) is 11.0. The number of carbonyl (C=O) groups excluding carboxylic acids is 1. The van der Waals surface area contributed by atoms with E-state index in [0.717, 1.165) is 38.0 Å². The van der Waals surface area contributed by atoms with Gasteiger partial charge in [-0.1, -0.05) is 26.0 Å². The zero-order valence-corrected chi connectivity index (χ0v) is 14.6. The number of hydrogen-bond acceptors (Lipinski definition) is 3. The summed E-state index contributed by atoms with van der Waals surface area (Å²) in [6, 6.07) is 8.43. The summed E-state index contributed by atoms with van der Waals surface area (Å²) in [4.78, 5) is 13.8. The van der Waals surface area contributed by atoms with E-state index in [1.165, 1.54) is 5.56 Å². The Balaban J connectivity index is 2.05. The standard InChI is InChI=1S/C19H30N2O2/c1-4-19(5-2,14-22)13-20-15(3)16-8-6-9-17(12-16)21-11-7-10-18(21)23/h6,8-9,12,15,20,22H,4-5,7,10-11,13-14H2,1-3H3. The number of nitrogens with zero attached hydrogens (tertiary/aromatic N) is 1. The van der Waals surface area contributed by atoms with Crippen molar-refractivity contribution in [2.24, 2.45) is 5.41 Å². The summed E-state index contributed by atoms with van der Waals surface area (Å²) in [6.45, 7) is 8.23. The molecular formula is C19H30N2O2. The lowest BCUT2D eigenvalue weighted by Gasteiger charge is -2.31. The van der Waals surface area contributed by atoms with E-state index in [1.807, 2.05) is 17.0 Å². The highest BCUT2D eigenvalue weighted by atomic mass is 16.3. The predicted molar refractivity (Wildman–Crippen MR) is 94.5 cm³/mol. The lowest BCUT2D eigenvalue weighted by atomic mass is 9.83. The van der Waals surface area contributed by atoms with E-state index in [4.69, 9.17) is 0 Å². The van der Waals surface area contributed by atoms with Gasteiger partial charge in [0.15, 0.2) is 0 Å². The predicted octanol–water partition coefficient (Wildman–Crippen LogP) is 3.26. The van der Waals surface area contributed by atoms with E-state index in [9.17, 15) is 9.90 Å². The molecule has 0 spiro atoms. The van der Waals surface area contributed by atoms with Gasteiger partial charge in [0.1, 0.15) is 0 Å². The van der Waals surface area contributed by atoms with Crippen LogP contribution in [0.1, 0.15) is 58.1 Å². The summed E-state index contributed by atoms with van der Waals surface area (Å²) in [5, 5.41) is 13.3. The molecule has 0 radical (unpaired) electrons. The smallest absolute Gasteiger partial charge is 0.227 e. The number of aliphatic hydroxyl groups is 1. The van der Waals surface area contributed by atoms with Crippen LogP contribution < -0.4 is 10.2 Å². The second kappa shape index (κ2) is 7.93. The van der Waals surface area contributed by atoms with Crippen LogP contribution >= 0.6 is 0 Å². The minimum atomic E-state index is -0.0449. The molecule has 1 heterocycles. The van der Waals surface area contributed by atoms with Crippen molar-refractivity contribution >= 4 is 11.6 Å². The number of aliphatic hydroxyl groups excluding tert-OH is 1. The highest BCUT2D eigenvalue weighted by molar-refractivity contribution is 5.95. The molecule has 0 aliphatic carbocycles. The number of amides is 1. The van der Waals surface area contributed by atoms with Gasteiger partial charge in [0.25, 0.3) is 0 Å².